The van der Waals surface area contributed by atoms with Crippen LogP contribution in [0.2, 0.25) is 0 Å². The normalized spacial score (nSPS) is 11.2. The average Bonchev–Trinajstić information content (AvgIpc) is 3.10. The van der Waals surface area contributed by atoms with Gasteiger partial charge in [0.15, 0.2) is 16.8 Å². The first-order chi connectivity index (χ1) is 12.8. The van der Waals surface area contributed by atoms with E-state index < -0.39 is 38.9 Å². The summed E-state index contributed by atoms with van der Waals surface area (Å²) in [5.74, 6) is -4.31. The zero-order valence-corrected chi connectivity index (χ0v) is 14.9. The third kappa shape index (κ3) is 4.26. The number of halogens is 3. The van der Waals surface area contributed by atoms with Crippen molar-refractivity contribution in [3.05, 3.63) is 71.0 Å². The Hall–Kier alpha value is -2.92. The van der Waals surface area contributed by atoms with Crippen LogP contribution in [0, 0.1) is 17.5 Å². The van der Waals surface area contributed by atoms with Gasteiger partial charge >= 0.3 is 0 Å². The maximum Gasteiger partial charge on any atom is 0.263 e. The maximum absolute atomic E-state index is 14.0. The van der Waals surface area contributed by atoms with E-state index in [1.165, 1.54) is 6.20 Å². The Kier molecular flexibility index (Phi) is 5.15. The minimum absolute atomic E-state index is 0.104. The summed E-state index contributed by atoms with van der Waals surface area (Å²) in [4.78, 5) is 15.7. The van der Waals surface area contributed by atoms with E-state index in [0.717, 1.165) is 47.7 Å². The first-order valence-corrected chi connectivity index (χ1v) is 9.61. The van der Waals surface area contributed by atoms with Gasteiger partial charge in [-0.15, -0.1) is 11.3 Å². The van der Waals surface area contributed by atoms with Crippen LogP contribution in [0.4, 0.5) is 24.0 Å². The highest BCUT2D eigenvalue weighted by Gasteiger charge is 2.20. The molecule has 1 amide bonds. The number of anilines is 2. The van der Waals surface area contributed by atoms with E-state index >= 15 is 0 Å². The lowest BCUT2D eigenvalue weighted by Crippen LogP contribution is -2.17. The zero-order valence-electron chi connectivity index (χ0n) is 13.2. The summed E-state index contributed by atoms with van der Waals surface area (Å²) >= 11 is 1.04. The number of benzene rings is 2. The molecule has 0 fully saturated rings. The van der Waals surface area contributed by atoms with Crippen LogP contribution in [0.5, 0.6) is 0 Å². The molecule has 6 nitrogen and oxygen atoms in total. The van der Waals surface area contributed by atoms with Crippen molar-refractivity contribution >= 4 is 38.1 Å². The van der Waals surface area contributed by atoms with Gasteiger partial charge in [-0.25, -0.2) is 26.6 Å². The van der Waals surface area contributed by atoms with E-state index in [1.807, 2.05) is 0 Å². The van der Waals surface area contributed by atoms with Crippen molar-refractivity contribution in [1.82, 2.24) is 4.98 Å². The number of hydrogen-bond donors (Lipinski definition) is 2. The molecule has 0 saturated heterocycles. The lowest BCUT2D eigenvalue weighted by molar-refractivity contribution is 0.102. The Morgan fingerprint density at radius 2 is 1.74 bits per heavy atom. The van der Waals surface area contributed by atoms with Gasteiger partial charge in [0.1, 0.15) is 5.82 Å². The molecule has 0 bridgehead atoms. The molecule has 1 heterocycles. The fraction of sp³-hybridized carbons (Fsp3) is 0. The van der Waals surface area contributed by atoms with Crippen LogP contribution >= 0.6 is 11.3 Å². The second-order valence-corrected chi connectivity index (χ2v) is 7.74. The van der Waals surface area contributed by atoms with Gasteiger partial charge < -0.3 is 5.32 Å². The van der Waals surface area contributed by atoms with Gasteiger partial charge in [-0.05, 0) is 30.3 Å². The number of aromatic nitrogens is 1. The van der Waals surface area contributed by atoms with Gasteiger partial charge in [0, 0.05) is 23.3 Å². The summed E-state index contributed by atoms with van der Waals surface area (Å²) in [7, 11) is -4.10. The average molecular weight is 413 g/mol. The smallest absolute Gasteiger partial charge is 0.263 e. The van der Waals surface area contributed by atoms with Crippen molar-refractivity contribution in [3.8, 4) is 0 Å². The van der Waals surface area contributed by atoms with E-state index in [9.17, 15) is 26.4 Å². The quantitative estimate of drug-likeness (QED) is 0.669. The molecule has 0 atom stereocenters. The molecule has 2 aromatic carbocycles. The highest BCUT2D eigenvalue weighted by Crippen LogP contribution is 2.21. The molecule has 0 unspecified atom stereocenters. The largest absolute Gasteiger partial charge is 0.322 e. The lowest BCUT2D eigenvalue weighted by atomic mass is 10.2. The van der Waals surface area contributed by atoms with E-state index in [4.69, 9.17) is 0 Å². The number of thiazole rings is 1. The van der Waals surface area contributed by atoms with Gasteiger partial charge in [0.2, 0.25) is 0 Å². The summed E-state index contributed by atoms with van der Waals surface area (Å²) in [6, 6.07) is 5.23. The molecule has 0 aliphatic carbocycles. The highest BCUT2D eigenvalue weighted by molar-refractivity contribution is 7.93. The Labute approximate surface area is 155 Å². The third-order valence-electron chi connectivity index (χ3n) is 3.32. The van der Waals surface area contributed by atoms with Crippen LogP contribution in [0.15, 0.2) is 52.9 Å². The topological polar surface area (TPSA) is 88.2 Å². The minimum Gasteiger partial charge on any atom is -0.322 e. The van der Waals surface area contributed by atoms with Gasteiger partial charge in [-0.1, -0.05) is 0 Å². The number of nitrogens with one attached hydrogen (secondary N) is 2. The number of nitrogens with zero attached hydrogens (tertiary/aromatic N) is 1. The van der Waals surface area contributed by atoms with Crippen LogP contribution in [0.25, 0.3) is 0 Å². The number of carbonyl (C=O) groups excluding carboxylic acids is 1. The van der Waals surface area contributed by atoms with Gasteiger partial charge in [0.05, 0.1) is 10.5 Å². The number of hydrogen-bond acceptors (Lipinski definition) is 5. The highest BCUT2D eigenvalue weighted by atomic mass is 32.2. The molecule has 0 saturated carbocycles. The van der Waals surface area contributed by atoms with Crippen molar-refractivity contribution in [2.75, 3.05) is 10.0 Å². The fourth-order valence-corrected chi connectivity index (χ4v) is 3.88. The molecule has 3 aromatic rings. The Morgan fingerprint density at radius 3 is 2.41 bits per heavy atom. The minimum atomic E-state index is -4.10. The summed E-state index contributed by atoms with van der Waals surface area (Å²) in [5, 5.41) is 3.84. The molecule has 0 spiro atoms. The summed E-state index contributed by atoms with van der Waals surface area (Å²) < 4.78 is 67.0. The van der Waals surface area contributed by atoms with E-state index in [-0.39, 0.29) is 15.7 Å². The molecule has 0 radical (unpaired) electrons. The molecule has 1 aromatic heterocycles. The molecule has 0 aliphatic heterocycles. The second-order valence-electron chi connectivity index (χ2n) is 5.17. The van der Waals surface area contributed by atoms with E-state index in [1.54, 1.807) is 5.38 Å². The van der Waals surface area contributed by atoms with Crippen LogP contribution < -0.4 is 10.0 Å². The van der Waals surface area contributed by atoms with Crippen LogP contribution in [-0.4, -0.2) is 19.3 Å². The summed E-state index contributed by atoms with van der Waals surface area (Å²) in [6.45, 7) is 0. The van der Waals surface area contributed by atoms with Crippen LogP contribution in [0.1, 0.15) is 10.4 Å². The summed E-state index contributed by atoms with van der Waals surface area (Å²) in [5.41, 5.74) is -0.700. The molecule has 27 heavy (non-hydrogen) atoms. The first-order valence-electron chi connectivity index (χ1n) is 7.24. The first kappa shape index (κ1) is 18.9. The van der Waals surface area contributed by atoms with E-state index in [0.29, 0.717) is 0 Å². The molecular weight excluding hydrogens is 403 g/mol. The van der Waals surface area contributed by atoms with Crippen LogP contribution in [0.3, 0.4) is 0 Å². The standard InChI is InChI=1S/C16H10F3N3O3S2/c17-12-4-2-10(27(24,25)22-16-20-5-6-26-16)8-11(12)15(23)21-9-1-3-13(18)14(19)7-9/h1-8H,(H,20,22)(H,21,23). The number of amides is 1. The van der Waals surface area contributed by atoms with Crippen molar-refractivity contribution in [2.24, 2.45) is 0 Å². The van der Waals surface area contributed by atoms with Gasteiger partial charge in [-0.2, -0.15) is 0 Å². The van der Waals surface area contributed by atoms with Crippen molar-refractivity contribution in [1.29, 1.82) is 0 Å². The van der Waals surface area contributed by atoms with Crippen molar-refractivity contribution < 1.29 is 26.4 Å². The molecule has 3 rings (SSSR count). The molecule has 2 N–H and O–H groups in total. The predicted octanol–water partition coefficient (Wildman–Crippen LogP) is 3.61. The Morgan fingerprint density at radius 1 is 1.00 bits per heavy atom. The molecular formula is C16H10F3N3O3S2. The van der Waals surface area contributed by atoms with Crippen LogP contribution in [-0.2, 0) is 10.0 Å². The number of sulfonamides is 1. The SMILES string of the molecule is O=C(Nc1ccc(F)c(F)c1)c1cc(S(=O)(=O)Nc2nccs2)ccc1F. The second kappa shape index (κ2) is 7.37. The van der Waals surface area contributed by atoms with Crippen molar-refractivity contribution in [3.63, 3.8) is 0 Å². The van der Waals surface area contributed by atoms with Gasteiger partial charge in [0.25, 0.3) is 15.9 Å². The van der Waals surface area contributed by atoms with Crippen molar-refractivity contribution in [2.45, 2.75) is 4.90 Å². The Balaban J connectivity index is 1.88. The fourth-order valence-electron chi connectivity index (χ4n) is 2.07. The molecule has 11 heteroatoms. The predicted molar refractivity (Wildman–Crippen MR) is 93.6 cm³/mol. The zero-order chi connectivity index (χ0) is 19.6. The maximum atomic E-state index is 14.0. The number of carbonyl (C=O) groups is 1. The monoisotopic (exact) mass is 413 g/mol. The summed E-state index contributed by atoms with van der Waals surface area (Å²) in [6.07, 6.45) is 1.40. The Bertz CT molecular complexity index is 1100. The number of rotatable bonds is 5. The lowest BCUT2D eigenvalue weighted by Gasteiger charge is -2.09. The molecule has 140 valence electrons. The van der Waals surface area contributed by atoms with Gasteiger partial charge in [-0.3, -0.25) is 9.52 Å². The third-order valence-corrected chi connectivity index (χ3v) is 5.48. The van der Waals surface area contributed by atoms with E-state index in [2.05, 4.69) is 15.0 Å². The molecule has 0 aliphatic rings.